The number of pyridine rings is 1. The number of carboxylic acids is 1. The maximum Gasteiger partial charge on any atom is 0.303 e. The number of carbonyl (C=O) groups is 1. The number of aliphatic hydroxyl groups excluding tert-OH is 1. The number of halogens is 1. The Bertz CT molecular complexity index is 1140. The molecular weight excluding hydrogens is 484 g/mol. The molecule has 0 bridgehead atoms. The quantitative estimate of drug-likeness (QED) is 0.334. The maximum absolute atomic E-state index is 11.6. The molecule has 4 rings (SSSR count). The van der Waals surface area contributed by atoms with Crippen LogP contribution < -0.4 is 4.74 Å². The van der Waals surface area contributed by atoms with Crippen molar-refractivity contribution >= 4 is 39.8 Å². The van der Waals surface area contributed by atoms with Gasteiger partial charge in [0, 0.05) is 29.4 Å². The Balaban J connectivity index is 1.35. The highest BCUT2D eigenvalue weighted by Gasteiger charge is 2.31. The second-order valence-corrected chi connectivity index (χ2v) is 10.8. The van der Waals surface area contributed by atoms with Crippen LogP contribution in [0, 0.1) is 11.8 Å². The number of hydrogen-bond acceptors (Lipinski definition) is 6. The van der Waals surface area contributed by atoms with Crippen molar-refractivity contribution in [3.63, 3.8) is 0 Å². The number of benzene rings is 1. The van der Waals surface area contributed by atoms with Gasteiger partial charge >= 0.3 is 5.97 Å². The molecule has 1 saturated heterocycles. The van der Waals surface area contributed by atoms with Crippen LogP contribution in [0.5, 0.6) is 5.75 Å². The summed E-state index contributed by atoms with van der Waals surface area (Å²) in [6.07, 6.45) is 5.58. The monoisotopic (exact) mass is 516 g/mol. The van der Waals surface area contributed by atoms with Crippen LogP contribution in [-0.2, 0) is 11.2 Å². The molecule has 1 aromatic carbocycles. The standard InChI is InChI=1S/C27H33ClN2O4S/c1-34-20-5-6-24-22(16-20)21(8-11-29-24)25(31)7-4-18-9-13-30(17-19(18)15-27(32)33)12-2-3-26-23(28)10-14-35-26/h5-6,8,10-11,14,16,18-19,25,31H,2-4,7,9,12-13,15,17H2,1H3,(H,32,33)/t18-,19+,25?/m1/s1. The Morgan fingerprint density at radius 3 is 2.91 bits per heavy atom. The number of aromatic nitrogens is 1. The molecule has 2 aromatic heterocycles. The van der Waals surface area contributed by atoms with E-state index in [1.165, 1.54) is 4.88 Å². The number of aliphatic carboxylic acids is 1. The minimum Gasteiger partial charge on any atom is -0.497 e. The lowest BCUT2D eigenvalue weighted by Crippen LogP contribution is -2.42. The number of methoxy groups -OCH3 is 1. The van der Waals surface area contributed by atoms with E-state index < -0.39 is 12.1 Å². The predicted octanol–water partition coefficient (Wildman–Crippen LogP) is 5.82. The zero-order valence-corrected chi connectivity index (χ0v) is 21.6. The molecule has 1 aliphatic rings. The Morgan fingerprint density at radius 2 is 2.17 bits per heavy atom. The van der Waals surface area contributed by atoms with Gasteiger partial charge in [-0.2, -0.15) is 0 Å². The van der Waals surface area contributed by atoms with Crippen molar-refractivity contribution in [1.82, 2.24) is 9.88 Å². The van der Waals surface area contributed by atoms with Gasteiger partial charge in [0.15, 0.2) is 0 Å². The van der Waals surface area contributed by atoms with Crippen LogP contribution in [0.25, 0.3) is 10.9 Å². The number of carboxylic acid groups (broad SMARTS) is 1. The second-order valence-electron chi connectivity index (χ2n) is 9.38. The molecule has 6 nitrogen and oxygen atoms in total. The summed E-state index contributed by atoms with van der Waals surface area (Å²) in [4.78, 5) is 19.6. The van der Waals surface area contributed by atoms with E-state index in [4.69, 9.17) is 16.3 Å². The highest BCUT2D eigenvalue weighted by Crippen LogP contribution is 2.35. The van der Waals surface area contributed by atoms with Gasteiger partial charge in [0.25, 0.3) is 0 Å². The zero-order chi connectivity index (χ0) is 24.8. The fourth-order valence-corrected chi connectivity index (χ4v) is 6.43. The fraction of sp³-hybridized carbons (Fsp3) is 0.481. The topological polar surface area (TPSA) is 82.9 Å². The number of likely N-dealkylation sites (tertiary alicyclic amines) is 1. The normalized spacial score (nSPS) is 19.6. The first-order chi connectivity index (χ1) is 16.9. The van der Waals surface area contributed by atoms with E-state index >= 15 is 0 Å². The number of nitrogens with zero attached hydrogens (tertiary/aromatic N) is 2. The van der Waals surface area contributed by atoms with Crippen molar-refractivity contribution < 1.29 is 19.7 Å². The van der Waals surface area contributed by atoms with Gasteiger partial charge in [-0.3, -0.25) is 9.78 Å². The number of rotatable bonds is 11. The number of ether oxygens (including phenoxy) is 1. The molecular formula is C27H33ClN2O4S. The van der Waals surface area contributed by atoms with Gasteiger partial charge in [0.1, 0.15) is 5.75 Å². The number of thiophene rings is 1. The maximum atomic E-state index is 11.6. The molecule has 3 aromatic rings. The molecule has 1 unspecified atom stereocenters. The predicted molar refractivity (Wildman–Crippen MR) is 140 cm³/mol. The second kappa shape index (κ2) is 12.2. The molecule has 1 fully saturated rings. The molecule has 188 valence electrons. The molecule has 0 saturated carbocycles. The third kappa shape index (κ3) is 6.73. The lowest BCUT2D eigenvalue weighted by Gasteiger charge is -2.38. The molecule has 8 heteroatoms. The van der Waals surface area contributed by atoms with Gasteiger partial charge in [-0.25, -0.2) is 0 Å². The molecule has 2 N–H and O–H groups in total. The lowest BCUT2D eigenvalue weighted by atomic mass is 9.79. The average Bonchev–Trinajstić information content (AvgIpc) is 3.26. The van der Waals surface area contributed by atoms with Crippen LogP contribution in [0.1, 0.15) is 48.6 Å². The largest absolute Gasteiger partial charge is 0.497 e. The first-order valence-corrected chi connectivity index (χ1v) is 13.5. The van der Waals surface area contributed by atoms with Gasteiger partial charge in [-0.15, -0.1) is 11.3 Å². The fourth-order valence-electron chi connectivity index (χ4n) is 5.25. The van der Waals surface area contributed by atoms with Crippen molar-refractivity contribution in [3.05, 3.63) is 57.4 Å². The van der Waals surface area contributed by atoms with Gasteiger partial charge < -0.3 is 19.8 Å². The Kier molecular flexibility index (Phi) is 9.00. The van der Waals surface area contributed by atoms with Gasteiger partial charge in [-0.1, -0.05) is 11.6 Å². The summed E-state index contributed by atoms with van der Waals surface area (Å²) in [5, 5.41) is 24.3. The summed E-state index contributed by atoms with van der Waals surface area (Å²) in [7, 11) is 1.62. The number of aryl methyl sites for hydroxylation is 1. The van der Waals surface area contributed by atoms with E-state index in [2.05, 4.69) is 9.88 Å². The molecule has 3 heterocycles. The first kappa shape index (κ1) is 25.9. The summed E-state index contributed by atoms with van der Waals surface area (Å²) in [6, 6.07) is 9.48. The molecule has 0 aliphatic carbocycles. The summed E-state index contributed by atoms with van der Waals surface area (Å²) < 4.78 is 5.35. The minimum atomic E-state index is -0.750. The van der Waals surface area contributed by atoms with Crippen LogP contribution >= 0.6 is 22.9 Å². The van der Waals surface area contributed by atoms with Crippen LogP contribution in [0.3, 0.4) is 0 Å². The van der Waals surface area contributed by atoms with Crippen molar-refractivity contribution in [2.45, 2.75) is 44.6 Å². The van der Waals surface area contributed by atoms with E-state index in [-0.39, 0.29) is 18.3 Å². The summed E-state index contributed by atoms with van der Waals surface area (Å²) >= 11 is 7.91. The van der Waals surface area contributed by atoms with E-state index in [1.807, 2.05) is 35.7 Å². The molecule has 3 atom stereocenters. The van der Waals surface area contributed by atoms with Crippen molar-refractivity contribution in [1.29, 1.82) is 0 Å². The SMILES string of the molecule is COc1ccc2nccc(C(O)CC[C@@H]3CCN(CCCc4sccc4Cl)C[C@@H]3CC(=O)O)c2c1. The molecule has 0 amide bonds. The third-order valence-corrected chi connectivity index (χ3v) is 8.58. The first-order valence-electron chi connectivity index (χ1n) is 12.2. The number of hydrogen-bond donors (Lipinski definition) is 2. The Hall–Kier alpha value is -2.19. The summed E-state index contributed by atoms with van der Waals surface area (Å²) in [6.45, 7) is 2.70. The van der Waals surface area contributed by atoms with Crippen LogP contribution in [0.15, 0.2) is 41.9 Å². The Labute approximate surface area is 215 Å². The van der Waals surface area contributed by atoms with Crippen LogP contribution in [0.4, 0.5) is 0 Å². The van der Waals surface area contributed by atoms with E-state index in [1.54, 1.807) is 24.6 Å². The molecule has 35 heavy (non-hydrogen) atoms. The highest BCUT2D eigenvalue weighted by atomic mass is 35.5. The molecule has 1 aliphatic heterocycles. The van der Waals surface area contributed by atoms with Crippen molar-refractivity contribution in [2.24, 2.45) is 11.8 Å². The summed E-state index contributed by atoms with van der Waals surface area (Å²) in [5.41, 5.74) is 1.66. The minimum absolute atomic E-state index is 0.0908. The lowest BCUT2D eigenvalue weighted by molar-refractivity contribution is -0.139. The zero-order valence-electron chi connectivity index (χ0n) is 20.0. The number of aliphatic hydroxyl groups is 1. The summed E-state index contributed by atoms with van der Waals surface area (Å²) in [5.74, 6) is 0.355. The number of piperidine rings is 1. The van der Waals surface area contributed by atoms with E-state index in [0.29, 0.717) is 6.42 Å². The smallest absolute Gasteiger partial charge is 0.303 e. The van der Waals surface area contributed by atoms with Gasteiger partial charge in [0.05, 0.1) is 23.8 Å². The average molecular weight is 517 g/mol. The number of fused-ring (bicyclic) bond motifs is 1. The van der Waals surface area contributed by atoms with Crippen molar-refractivity contribution in [2.75, 3.05) is 26.7 Å². The van der Waals surface area contributed by atoms with E-state index in [9.17, 15) is 15.0 Å². The highest BCUT2D eigenvalue weighted by molar-refractivity contribution is 7.10. The molecule has 0 radical (unpaired) electrons. The van der Waals surface area contributed by atoms with Crippen LogP contribution in [0.2, 0.25) is 5.02 Å². The third-order valence-electron chi connectivity index (χ3n) is 7.13. The van der Waals surface area contributed by atoms with Gasteiger partial charge in [0.2, 0.25) is 0 Å². The van der Waals surface area contributed by atoms with Gasteiger partial charge in [-0.05, 0) is 98.3 Å². The van der Waals surface area contributed by atoms with Crippen molar-refractivity contribution in [3.8, 4) is 5.75 Å². The van der Waals surface area contributed by atoms with E-state index in [0.717, 1.165) is 72.6 Å². The van der Waals surface area contributed by atoms with Crippen LogP contribution in [-0.4, -0.2) is 52.8 Å². The Morgan fingerprint density at radius 1 is 1.31 bits per heavy atom. The molecule has 0 spiro atoms.